The Kier molecular flexibility index (Phi) is 8.22. The first kappa shape index (κ1) is 18.7. The smallest absolute Gasteiger partial charge is 0.104 e. The Hall–Kier alpha value is -1.30. The molecule has 0 aliphatic carbocycles. The molecule has 116 valence electrons. The number of nitroso groups, excluding NO2 is 1. The van der Waals surface area contributed by atoms with Crippen molar-refractivity contribution in [2.45, 2.75) is 60.0 Å². The predicted molar refractivity (Wildman–Crippen MR) is 84.0 cm³/mol. The van der Waals surface area contributed by atoms with E-state index >= 15 is 0 Å². The highest BCUT2D eigenvalue weighted by molar-refractivity contribution is 6.41. The molecule has 2 atom stereocenters. The number of oxime groups is 1. The lowest BCUT2D eigenvalue weighted by Gasteiger charge is -2.26. The van der Waals surface area contributed by atoms with Crippen LogP contribution >= 0.6 is 0 Å². The second-order valence-corrected chi connectivity index (χ2v) is 5.98. The van der Waals surface area contributed by atoms with Crippen LogP contribution in [0.15, 0.2) is 15.3 Å². The summed E-state index contributed by atoms with van der Waals surface area (Å²) in [6.45, 7) is 13.1. The van der Waals surface area contributed by atoms with Crippen LogP contribution in [0.25, 0.3) is 0 Å². The van der Waals surface area contributed by atoms with Gasteiger partial charge in [0.2, 0.25) is 0 Å². The van der Waals surface area contributed by atoms with Crippen molar-refractivity contribution in [3.8, 4) is 0 Å². The van der Waals surface area contributed by atoms with E-state index in [1.54, 1.807) is 13.8 Å². The number of nitrogens with zero attached hydrogens (tertiary/aromatic N) is 3. The van der Waals surface area contributed by atoms with Crippen molar-refractivity contribution in [2.24, 2.45) is 20.7 Å². The third kappa shape index (κ3) is 6.75. The highest BCUT2D eigenvalue weighted by atomic mass is 16.4. The van der Waals surface area contributed by atoms with Gasteiger partial charge in [0.25, 0.3) is 0 Å². The Labute approximate surface area is 121 Å². The fourth-order valence-corrected chi connectivity index (χ4v) is 1.60. The molecule has 0 aliphatic heterocycles. The van der Waals surface area contributed by atoms with Crippen molar-refractivity contribution in [3.05, 3.63) is 4.91 Å². The maximum Gasteiger partial charge on any atom is 0.104 e. The molecule has 0 aromatic heterocycles. The van der Waals surface area contributed by atoms with E-state index in [9.17, 15) is 4.91 Å². The van der Waals surface area contributed by atoms with E-state index in [2.05, 4.69) is 34.5 Å². The Morgan fingerprint density at radius 2 is 1.95 bits per heavy atom. The number of hydrogen-bond acceptors (Lipinski definition) is 6. The van der Waals surface area contributed by atoms with E-state index in [1.807, 2.05) is 13.8 Å². The van der Waals surface area contributed by atoms with Crippen LogP contribution in [0.2, 0.25) is 0 Å². The molecule has 0 bridgehead atoms. The fourth-order valence-electron chi connectivity index (χ4n) is 1.60. The molecular weight excluding hydrogens is 256 g/mol. The summed E-state index contributed by atoms with van der Waals surface area (Å²) in [6.07, 6.45) is 0.738. The summed E-state index contributed by atoms with van der Waals surface area (Å²) in [4.78, 5) is 15.0. The monoisotopic (exact) mass is 284 g/mol. The lowest BCUT2D eigenvalue weighted by atomic mass is 9.93. The Morgan fingerprint density at radius 1 is 1.35 bits per heavy atom. The quantitative estimate of drug-likeness (QED) is 0.295. The normalized spacial score (nSPS) is 16.9. The average molecular weight is 284 g/mol. The zero-order chi connectivity index (χ0) is 15.8. The van der Waals surface area contributed by atoms with Crippen LogP contribution in [-0.2, 0) is 0 Å². The van der Waals surface area contributed by atoms with Gasteiger partial charge in [-0.1, -0.05) is 31.1 Å². The van der Waals surface area contributed by atoms with Crippen LogP contribution in [0, 0.1) is 10.3 Å². The molecule has 0 rings (SSSR count). The molecule has 2 unspecified atom stereocenters. The maximum absolute atomic E-state index is 10.5. The molecule has 6 nitrogen and oxygen atoms in total. The molecule has 0 aromatic rings. The van der Waals surface area contributed by atoms with Gasteiger partial charge < -0.3 is 10.5 Å². The zero-order valence-corrected chi connectivity index (χ0v) is 13.5. The van der Waals surface area contributed by atoms with Crippen LogP contribution < -0.4 is 5.32 Å². The summed E-state index contributed by atoms with van der Waals surface area (Å²) in [7, 11) is 0. The summed E-state index contributed by atoms with van der Waals surface area (Å²) < 4.78 is 0. The molecule has 0 spiro atoms. The maximum atomic E-state index is 10.5. The molecule has 0 heterocycles. The van der Waals surface area contributed by atoms with Gasteiger partial charge in [0, 0.05) is 19.1 Å². The summed E-state index contributed by atoms with van der Waals surface area (Å²) in [5.41, 5.74) is 1.33. The first-order valence-corrected chi connectivity index (χ1v) is 7.05. The second-order valence-electron chi connectivity index (χ2n) is 5.98. The van der Waals surface area contributed by atoms with Gasteiger partial charge in [-0.2, -0.15) is 4.91 Å². The van der Waals surface area contributed by atoms with Crippen molar-refractivity contribution < 1.29 is 5.21 Å². The molecule has 0 fully saturated rings. The molecule has 0 amide bonds. The van der Waals surface area contributed by atoms with E-state index in [0.29, 0.717) is 12.3 Å². The molecule has 0 aromatic carbocycles. The summed E-state index contributed by atoms with van der Waals surface area (Å²) in [6, 6.07) is -0.202. The van der Waals surface area contributed by atoms with Crippen LogP contribution in [0.4, 0.5) is 0 Å². The standard InChI is InChI=1S/C14H28N4O2/c1-7-13(12(4)18-20)16-9-14(5,6)8-15-10(2)11(3)17-19/h10-11,15,20H,7-9H2,1-6H3. The molecular formula is C14H28N4O2. The second kappa shape index (κ2) is 8.79. The van der Waals surface area contributed by atoms with E-state index in [1.165, 1.54) is 0 Å². The minimum Gasteiger partial charge on any atom is -0.411 e. The highest BCUT2D eigenvalue weighted by Crippen LogP contribution is 2.15. The van der Waals surface area contributed by atoms with E-state index < -0.39 is 0 Å². The molecule has 0 saturated carbocycles. The van der Waals surface area contributed by atoms with Gasteiger partial charge in [0.05, 0.1) is 11.4 Å². The van der Waals surface area contributed by atoms with Gasteiger partial charge in [0.1, 0.15) is 6.04 Å². The fraction of sp³-hybridized carbons (Fsp3) is 0.857. The number of hydrogen-bond donors (Lipinski definition) is 2. The summed E-state index contributed by atoms with van der Waals surface area (Å²) in [5, 5.41) is 18.3. The van der Waals surface area contributed by atoms with Crippen molar-refractivity contribution in [1.29, 1.82) is 0 Å². The van der Waals surface area contributed by atoms with Crippen LogP contribution in [0.3, 0.4) is 0 Å². The Balaban J connectivity index is 4.52. The Morgan fingerprint density at radius 3 is 2.40 bits per heavy atom. The average Bonchev–Trinajstić information content (AvgIpc) is 2.43. The van der Waals surface area contributed by atoms with E-state index in [-0.39, 0.29) is 17.5 Å². The number of rotatable bonds is 9. The first-order chi connectivity index (χ1) is 9.27. The third-order valence-corrected chi connectivity index (χ3v) is 3.39. The van der Waals surface area contributed by atoms with Crippen molar-refractivity contribution in [2.75, 3.05) is 13.1 Å². The minimum atomic E-state index is -0.246. The molecule has 2 N–H and O–H groups in total. The highest BCUT2D eigenvalue weighted by Gasteiger charge is 2.20. The molecule has 0 aliphatic rings. The van der Waals surface area contributed by atoms with Gasteiger partial charge in [-0.05, 0) is 32.6 Å². The third-order valence-electron chi connectivity index (χ3n) is 3.39. The Bertz CT molecular complexity index is 364. The van der Waals surface area contributed by atoms with Gasteiger partial charge in [-0.25, -0.2) is 0 Å². The predicted octanol–water partition coefficient (Wildman–Crippen LogP) is 2.85. The van der Waals surface area contributed by atoms with Crippen molar-refractivity contribution in [3.63, 3.8) is 0 Å². The SMILES string of the molecule is CCC(=NCC(C)(C)CNC(C)C(C)N=O)C(C)=NO. The van der Waals surface area contributed by atoms with E-state index in [0.717, 1.165) is 18.7 Å². The zero-order valence-electron chi connectivity index (χ0n) is 13.5. The number of nitrogens with one attached hydrogen (secondary N) is 1. The van der Waals surface area contributed by atoms with Crippen molar-refractivity contribution >= 4 is 11.4 Å². The minimum absolute atomic E-state index is 0.0436. The summed E-state index contributed by atoms with van der Waals surface area (Å²) in [5.74, 6) is 0. The first-order valence-electron chi connectivity index (χ1n) is 7.05. The lowest BCUT2D eigenvalue weighted by molar-refractivity contribution is 0.319. The molecule has 6 heteroatoms. The molecule has 20 heavy (non-hydrogen) atoms. The topological polar surface area (TPSA) is 86.4 Å². The number of aliphatic imine (C=N–C) groups is 1. The van der Waals surface area contributed by atoms with Crippen LogP contribution in [0.1, 0.15) is 48.0 Å². The molecule has 0 radical (unpaired) electrons. The van der Waals surface area contributed by atoms with Gasteiger partial charge in [-0.15, -0.1) is 0 Å². The lowest BCUT2D eigenvalue weighted by Crippen LogP contribution is -2.41. The largest absolute Gasteiger partial charge is 0.411 e. The van der Waals surface area contributed by atoms with Gasteiger partial charge in [0.15, 0.2) is 0 Å². The van der Waals surface area contributed by atoms with Gasteiger partial charge >= 0.3 is 0 Å². The van der Waals surface area contributed by atoms with E-state index in [4.69, 9.17) is 5.21 Å². The van der Waals surface area contributed by atoms with Crippen LogP contribution in [0.5, 0.6) is 0 Å². The molecule has 0 saturated heterocycles. The summed E-state index contributed by atoms with van der Waals surface area (Å²) >= 11 is 0. The van der Waals surface area contributed by atoms with Crippen molar-refractivity contribution in [1.82, 2.24) is 5.32 Å². The van der Waals surface area contributed by atoms with Crippen LogP contribution in [-0.4, -0.2) is 41.8 Å². The van der Waals surface area contributed by atoms with Gasteiger partial charge in [-0.3, -0.25) is 4.99 Å².